The number of para-hydroxylation sites is 1. The maximum atomic E-state index is 13.9. The van der Waals surface area contributed by atoms with Crippen molar-refractivity contribution in [3.8, 4) is 5.69 Å². The first-order chi connectivity index (χ1) is 15.0. The second kappa shape index (κ2) is 7.32. The van der Waals surface area contributed by atoms with Crippen molar-refractivity contribution >= 4 is 27.8 Å². The standard InChI is InChI=1S/C23H19FN6O/c1-13-5-3-4-6-18(13)30-19(9-15-7-8-16(24)10-17(15)23(30)31)14(2)29-22-20-21(26-11-25-20)27-12-28-22/h3-12,14H,1-2H3,(H2,25,26,27,28,29)/t14-/m1/s1. The molecule has 3 aromatic heterocycles. The number of nitrogens with zero attached hydrogens (tertiary/aromatic N) is 4. The molecule has 0 aliphatic carbocycles. The second-order valence-electron chi connectivity index (χ2n) is 7.42. The third kappa shape index (κ3) is 3.22. The number of hydrogen-bond donors (Lipinski definition) is 2. The maximum Gasteiger partial charge on any atom is 0.263 e. The monoisotopic (exact) mass is 414 g/mol. The van der Waals surface area contributed by atoms with E-state index in [1.807, 2.05) is 44.2 Å². The van der Waals surface area contributed by atoms with Gasteiger partial charge < -0.3 is 10.3 Å². The van der Waals surface area contributed by atoms with Crippen molar-refractivity contribution in [2.75, 3.05) is 5.32 Å². The number of halogens is 1. The molecule has 0 unspecified atom stereocenters. The Morgan fingerprint density at radius 3 is 2.77 bits per heavy atom. The SMILES string of the molecule is Cc1ccccc1-n1c([C@@H](C)Nc2ncnc3nc[nH]c23)cc2ccc(F)cc2c1=O. The highest BCUT2D eigenvalue weighted by molar-refractivity contribution is 5.84. The molecule has 2 aromatic carbocycles. The van der Waals surface area contributed by atoms with E-state index in [0.717, 1.165) is 16.9 Å². The topological polar surface area (TPSA) is 88.5 Å². The molecule has 31 heavy (non-hydrogen) atoms. The van der Waals surface area contributed by atoms with Gasteiger partial charge in [-0.3, -0.25) is 9.36 Å². The number of aromatic amines is 1. The number of aromatic nitrogens is 5. The summed E-state index contributed by atoms with van der Waals surface area (Å²) in [7, 11) is 0. The average molecular weight is 414 g/mol. The summed E-state index contributed by atoms with van der Waals surface area (Å²) >= 11 is 0. The van der Waals surface area contributed by atoms with E-state index in [0.29, 0.717) is 27.8 Å². The summed E-state index contributed by atoms with van der Waals surface area (Å²) in [6.45, 7) is 3.89. The Bertz CT molecular complexity index is 1490. The average Bonchev–Trinajstić information content (AvgIpc) is 3.25. The van der Waals surface area contributed by atoms with Crippen LogP contribution in [0.4, 0.5) is 10.2 Å². The minimum absolute atomic E-state index is 0.274. The summed E-state index contributed by atoms with van der Waals surface area (Å²) in [4.78, 5) is 29.2. The van der Waals surface area contributed by atoms with Gasteiger partial charge >= 0.3 is 0 Å². The fourth-order valence-corrected chi connectivity index (χ4v) is 3.84. The third-order valence-electron chi connectivity index (χ3n) is 5.39. The second-order valence-corrected chi connectivity index (χ2v) is 7.42. The van der Waals surface area contributed by atoms with Crippen molar-refractivity contribution in [2.24, 2.45) is 0 Å². The molecule has 154 valence electrons. The molecule has 0 aliphatic rings. The zero-order valence-electron chi connectivity index (χ0n) is 16.9. The number of fused-ring (bicyclic) bond motifs is 2. The van der Waals surface area contributed by atoms with Crippen molar-refractivity contribution < 1.29 is 4.39 Å². The molecule has 8 heteroatoms. The van der Waals surface area contributed by atoms with E-state index >= 15 is 0 Å². The molecule has 0 saturated carbocycles. The number of aryl methyl sites for hydroxylation is 1. The van der Waals surface area contributed by atoms with Gasteiger partial charge in [-0.1, -0.05) is 24.3 Å². The van der Waals surface area contributed by atoms with Gasteiger partial charge in [0, 0.05) is 5.69 Å². The Hall–Kier alpha value is -4.07. The highest BCUT2D eigenvalue weighted by atomic mass is 19.1. The summed E-state index contributed by atoms with van der Waals surface area (Å²) in [6.07, 6.45) is 3.00. The minimum atomic E-state index is -0.442. The van der Waals surface area contributed by atoms with Crippen molar-refractivity contribution in [1.29, 1.82) is 0 Å². The molecule has 0 spiro atoms. The lowest BCUT2D eigenvalue weighted by Crippen LogP contribution is -2.26. The molecule has 0 fully saturated rings. The summed E-state index contributed by atoms with van der Waals surface area (Å²) in [6, 6.07) is 13.5. The van der Waals surface area contributed by atoms with Crippen LogP contribution in [0.2, 0.25) is 0 Å². The van der Waals surface area contributed by atoms with Gasteiger partial charge in [0.05, 0.1) is 23.4 Å². The lowest BCUT2D eigenvalue weighted by atomic mass is 10.1. The van der Waals surface area contributed by atoms with Crippen LogP contribution in [-0.2, 0) is 0 Å². The van der Waals surface area contributed by atoms with E-state index in [4.69, 9.17) is 0 Å². The van der Waals surface area contributed by atoms with Crippen molar-refractivity contribution in [3.05, 3.63) is 88.6 Å². The van der Waals surface area contributed by atoms with Crippen molar-refractivity contribution in [2.45, 2.75) is 19.9 Å². The Kier molecular flexibility index (Phi) is 4.47. The lowest BCUT2D eigenvalue weighted by molar-refractivity contribution is 0.629. The molecule has 0 radical (unpaired) electrons. The summed E-state index contributed by atoms with van der Waals surface area (Å²) < 4.78 is 15.5. The van der Waals surface area contributed by atoms with E-state index in [9.17, 15) is 9.18 Å². The van der Waals surface area contributed by atoms with E-state index in [-0.39, 0.29) is 11.6 Å². The van der Waals surface area contributed by atoms with Crippen LogP contribution in [0.5, 0.6) is 0 Å². The minimum Gasteiger partial charge on any atom is -0.360 e. The van der Waals surface area contributed by atoms with Gasteiger partial charge in [0.25, 0.3) is 5.56 Å². The van der Waals surface area contributed by atoms with Gasteiger partial charge in [0.2, 0.25) is 0 Å². The molecule has 0 bridgehead atoms. The fourth-order valence-electron chi connectivity index (χ4n) is 3.84. The highest BCUT2D eigenvalue weighted by Crippen LogP contribution is 2.26. The first-order valence-electron chi connectivity index (χ1n) is 9.85. The van der Waals surface area contributed by atoms with Crippen molar-refractivity contribution in [3.63, 3.8) is 0 Å². The first kappa shape index (κ1) is 18.9. The zero-order chi connectivity index (χ0) is 21.5. The number of H-pyrrole nitrogens is 1. The number of hydrogen-bond acceptors (Lipinski definition) is 5. The molecule has 0 aliphatic heterocycles. The Balaban J connectivity index is 1.72. The number of nitrogens with one attached hydrogen (secondary N) is 2. The Morgan fingerprint density at radius 1 is 1.10 bits per heavy atom. The van der Waals surface area contributed by atoms with Crippen LogP contribution in [0.15, 0.2) is 66.0 Å². The molecule has 3 heterocycles. The third-order valence-corrected chi connectivity index (χ3v) is 5.39. The van der Waals surface area contributed by atoms with E-state index in [1.165, 1.54) is 18.5 Å². The summed E-state index contributed by atoms with van der Waals surface area (Å²) in [5.74, 6) is 0.139. The zero-order valence-corrected chi connectivity index (χ0v) is 16.9. The predicted octanol–water partition coefficient (Wildman–Crippen LogP) is 4.28. The van der Waals surface area contributed by atoms with Crippen LogP contribution in [0.1, 0.15) is 24.2 Å². The van der Waals surface area contributed by atoms with Crippen LogP contribution < -0.4 is 10.9 Å². The maximum absolute atomic E-state index is 13.9. The fraction of sp³-hybridized carbons (Fsp3) is 0.130. The Morgan fingerprint density at radius 2 is 1.94 bits per heavy atom. The van der Waals surface area contributed by atoms with E-state index < -0.39 is 5.82 Å². The molecule has 5 aromatic rings. The van der Waals surface area contributed by atoms with Gasteiger partial charge in [-0.25, -0.2) is 19.3 Å². The van der Waals surface area contributed by atoms with E-state index in [1.54, 1.807) is 17.0 Å². The number of imidazole rings is 1. The molecular weight excluding hydrogens is 395 g/mol. The van der Waals surface area contributed by atoms with Crippen LogP contribution >= 0.6 is 0 Å². The number of anilines is 1. The summed E-state index contributed by atoms with van der Waals surface area (Å²) in [5, 5.41) is 4.37. The number of rotatable bonds is 4. The van der Waals surface area contributed by atoms with Gasteiger partial charge in [-0.15, -0.1) is 0 Å². The lowest BCUT2D eigenvalue weighted by Gasteiger charge is -2.22. The number of benzene rings is 2. The van der Waals surface area contributed by atoms with Gasteiger partial charge in [0.15, 0.2) is 11.5 Å². The molecule has 0 saturated heterocycles. The molecule has 1 atom stereocenters. The van der Waals surface area contributed by atoms with Crippen LogP contribution in [0.3, 0.4) is 0 Å². The van der Waals surface area contributed by atoms with Crippen LogP contribution in [-0.4, -0.2) is 24.5 Å². The highest BCUT2D eigenvalue weighted by Gasteiger charge is 2.19. The largest absolute Gasteiger partial charge is 0.360 e. The van der Waals surface area contributed by atoms with E-state index in [2.05, 4.69) is 25.3 Å². The smallest absolute Gasteiger partial charge is 0.263 e. The van der Waals surface area contributed by atoms with Gasteiger partial charge in [-0.05, 0) is 49.1 Å². The van der Waals surface area contributed by atoms with Crippen LogP contribution in [0, 0.1) is 12.7 Å². The molecule has 2 N–H and O–H groups in total. The Labute approximate surface area is 176 Å². The number of pyridine rings is 1. The van der Waals surface area contributed by atoms with Gasteiger partial charge in [0.1, 0.15) is 17.7 Å². The predicted molar refractivity (Wildman–Crippen MR) is 118 cm³/mol. The molecular formula is C23H19FN6O. The summed E-state index contributed by atoms with van der Waals surface area (Å²) in [5.41, 5.74) is 3.37. The van der Waals surface area contributed by atoms with Crippen molar-refractivity contribution in [1.82, 2.24) is 24.5 Å². The molecule has 7 nitrogen and oxygen atoms in total. The van der Waals surface area contributed by atoms with Crippen LogP contribution in [0.25, 0.3) is 27.6 Å². The first-order valence-corrected chi connectivity index (χ1v) is 9.85. The molecule has 0 amide bonds. The molecule has 5 rings (SSSR count). The quantitative estimate of drug-likeness (QED) is 0.458. The normalized spacial score (nSPS) is 12.4. The van der Waals surface area contributed by atoms with Gasteiger partial charge in [-0.2, -0.15) is 0 Å².